The van der Waals surface area contributed by atoms with Gasteiger partial charge in [0.25, 0.3) is 0 Å². The number of benzene rings is 1. The molecule has 98 valence electrons. The average molecular weight is 246 g/mol. The molecule has 1 saturated carbocycles. The van der Waals surface area contributed by atoms with Gasteiger partial charge in [0.1, 0.15) is 0 Å². The third kappa shape index (κ3) is 3.33. The maximum Gasteiger partial charge on any atom is 0.225 e. The van der Waals surface area contributed by atoms with Gasteiger partial charge in [-0.3, -0.25) is 4.79 Å². The maximum absolute atomic E-state index is 12.3. The van der Waals surface area contributed by atoms with Crippen LogP contribution in [0.5, 0.6) is 0 Å². The number of carbonyl (C=O) groups excluding carboxylic acids is 1. The highest BCUT2D eigenvalue weighted by Gasteiger charge is 2.26. The summed E-state index contributed by atoms with van der Waals surface area (Å²) in [6.45, 7) is 0.697. The SMILES string of the molecule is CN(Cc1ccccc1)C(=O)C1CCC(N)CC1. The van der Waals surface area contributed by atoms with Crippen molar-refractivity contribution in [3.63, 3.8) is 0 Å². The van der Waals surface area contributed by atoms with Crippen molar-refractivity contribution in [2.75, 3.05) is 7.05 Å². The molecule has 2 rings (SSSR count). The van der Waals surface area contributed by atoms with E-state index < -0.39 is 0 Å². The highest BCUT2D eigenvalue weighted by atomic mass is 16.2. The van der Waals surface area contributed by atoms with E-state index in [0.717, 1.165) is 25.7 Å². The number of amides is 1. The number of carbonyl (C=O) groups is 1. The van der Waals surface area contributed by atoms with E-state index in [1.807, 2.05) is 30.1 Å². The molecule has 0 aliphatic heterocycles. The van der Waals surface area contributed by atoms with Gasteiger partial charge in [0.2, 0.25) is 5.91 Å². The summed E-state index contributed by atoms with van der Waals surface area (Å²) in [7, 11) is 1.89. The van der Waals surface area contributed by atoms with Crippen molar-refractivity contribution >= 4 is 5.91 Å². The summed E-state index contributed by atoms with van der Waals surface area (Å²) in [4.78, 5) is 14.1. The second-order valence-corrected chi connectivity index (χ2v) is 5.29. The molecule has 0 saturated heterocycles. The number of hydrogen-bond donors (Lipinski definition) is 1. The summed E-state index contributed by atoms with van der Waals surface area (Å²) in [5.41, 5.74) is 7.05. The fraction of sp³-hybridized carbons (Fsp3) is 0.533. The molecule has 0 aromatic heterocycles. The fourth-order valence-electron chi connectivity index (χ4n) is 2.61. The molecule has 3 heteroatoms. The fourth-order valence-corrected chi connectivity index (χ4v) is 2.61. The van der Waals surface area contributed by atoms with Crippen LogP contribution in [0.15, 0.2) is 30.3 Å². The van der Waals surface area contributed by atoms with Crippen LogP contribution in [0.1, 0.15) is 31.2 Å². The van der Waals surface area contributed by atoms with Crippen molar-refractivity contribution in [3.05, 3.63) is 35.9 Å². The Labute approximate surface area is 109 Å². The third-order valence-electron chi connectivity index (χ3n) is 3.76. The van der Waals surface area contributed by atoms with Gasteiger partial charge < -0.3 is 10.6 Å². The molecule has 1 aromatic carbocycles. The summed E-state index contributed by atoms with van der Waals surface area (Å²) >= 11 is 0. The third-order valence-corrected chi connectivity index (χ3v) is 3.76. The quantitative estimate of drug-likeness (QED) is 0.888. The number of rotatable bonds is 3. The van der Waals surface area contributed by atoms with Crippen molar-refractivity contribution in [3.8, 4) is 0 Å². The van der Waals surface area contributed by atoms with E-state index in [-0.39, 0.29) is 11.8 Å². The smallest absolute Gasteiger partial charge is 0.225 e. The summed E-state index contributed by atoms with van der Waals surface area (Å²) in [6.07, 6.45) is 3.85. The molecular formula is C15H22N2O. The highest BCUT2D eigenvalue weighted by Crippen LogP contribution is 2.25. The van der Waals surface area contributed by atoms with Gasteiger partial charge in [-0.1, -0.05) is 30.3 Å². The first-order chi connectivity index (χ1) is 8.66. The molecule has 1 aromatic rings. The standard InChI is InChI=1S/C15H22N2O/c1-17(11-12-5-3-2-4-6-12)15(18)13-7-9-14(16)10-8-13/h2-6,13-14H,7-11,16H2,1H3. The predicted molar refractivity (Wildman–Crippen MR) is 72.8 cm³/mol. The van der Waals surface area contributed by atoms with Crippen molar-refractivity contribution in [1.29, 1.82) is 0 Å². The molecule has 0 heterocycles. The van der Waals surface area contributed by atoms with Gasteiger partial charge in [0.05, 0.1) is 0 Å². The molecule has 3 nitrogen and oxygen atoms in total. The Morgan fingerprint density at radius 2 is 1.83 bits per heavy atom. The van der Waals surface area contributed by atoms with Crippen molar-refractivity contribution in [1.82, 2.24) is 4.90 Å². The molecule has 18 heavy (non-hydrogen) atoms. The van der Waals surface area contributed by atoms with Crippen LogP contribution in [0.4, 0.5) is 0 Å². The number of nitrogens with zero attached hydrogens (tertiary/aromatic N) is 1. The molecule has 1 amide bonds. The van der Waals surface area contributed by atoms with Crippen LogP contribution in [0.3, 0.4) is 0 Å². The normalized spacial score (nSPS) is 23.7. The lowest BCUT2D eigenvalue weighted by Gasteiger charge is -2.29. The molecule has 0 bridgehead atoms. The Morgan fingerprint density at radius 3 is 2.44 bits per heavy atom. The van der Waals surface area contributed by atoms with E-state index in [2.05, 4.69) is 12.1 Å². The van der Waals surface area contributed by atoms with Gasteiger partial charge in [0.15, 0.2) is 0 Å². The maximum atomic E-state index is 12.3. The molecule has 0 atom stereocenters. The van der Waals surface area contributed by atoms with Gasteiger partial charge in [-0.2, -0.15) is 0 Å². The molecule has 0 spiro atoms. The minimum absolute atomic E-state index is 0.179. The predicted octanol–water partition coefficient (Wildman–Crippen LogP) is 2.16. The second-order valence-electron chi connectivity index (χ2n) is 5.29. The molecule has 2 N–H and O–H groups in total. The van der Waals surface area contributed by atoms with Gasteiger partial charge in [-0.15, -0.1) is 0 Å². The van der Waals surface area contributed by atoms with Gasteiger partial charge in [-0.25, -0.2) is 0 Å². The van der Waals surface area contributed by atoms with E-state index in [1.54, 1.807) is 0 Å². The van der Waals surface area contributed by atoms with Crippen LogP contribution in [-0.2, 0) is 11.3 Å². The zero-order valence-corrected chi connectivity index (χ0v) is 11.0. The van der Waals surface area contributed by atoms with Gasteiger partial charge in [0, 0.05) is 25.6 Å². The number of hydrogen-bond acceptors (Lipinski definition) is 2. The van der Waals surface area contributed by atoms with E-state index in [4.69, 9.17) is 5.73 Å². The van der Waals surface area contributed by atoms with Crippen LogP contribution in [-0.4, -0.2) is 23.9 Å². The highest BCUT2D eigenvalue weighted by molar-refractivity contribution is 5.78. The van der Waals surface area contributed by atoms with Crippen LogP contribution in [0.2, 0.25) is 0 Å². The molecule has 0 unspecified atom stereocenters. The minimum atomic E-state index is 0.179. The summed E-state index contributed by atoms with van der Waals surface area (Å²) in [5, 5.41) is 0. The Bertz CT molecular complexity index is 383. The Balaban J connectivity index is 1.89. The van der Waals surface area contributed by atoms with Crippen molar-refractivity contribution in [2.24, 2.45) is 11.7 Å². The molecule has 1 fully saturated rings. The van der Waals surface area contributed by atoms with Gasteiger partial charge in [-0.05, 0) is 31.2 Å². The van der Waals surface area contributed by atoms with Crippen LogP contribution >= 0.6 is 0 Å². The van der Waals surface area contributed by atoms with Crippen molar-refractivity contribution < 1.29 is 4.79 Å². The Hall–Kier alpha value is -1.35. The molecular weight excluding hydrogens is 224 g/mol. The van der Waals surface area contributed by atoms with Crippen LogP contribution < -0.4 is 5.73 Å². The van der Waals surface area contributed by atoms with E-state index in [0.29, 0.717) is 12.6 Å². The first-order valence-electron chi connectivity index (χ1n) is 6.71. The second kappa shape index (κ2) is 6.01. The monoisotopic (exact) mass is 246 g/mol. The molecule has 1 aliphatic carbocycles. The zero-order chi connectivity index (χ0) is 13.0. The minimum Gasteiger partial charge on any atom is -0.341 e. The lowest BCUT2D eigenvalue weighted by molar-refractivity contribution is -0.135. The lowest BCUT2D eigenvalue weighted by Crippen LogP contribution is -2.37. The first kappa shape index (κ1) is 13.1. The molecule has 1 aliphatic rings. The van der Waals surface area contributed by atoms with Crippen LogP contribution in [0, 0.1) is 5.92 Å². The van der Waals surface area contributed by atoms with E-state index in [9.17, 15) is 4.79 Å². The lowest BCUT2D eigenvalue weighted by atomic mass is 9.85. The van der Waals surface area contributed by atoms with Crippen LogP contribution in [0.25, 0.3) is 0 Å². The Morgan fingerprint density at radius 1 is 1.22 bits per heavy atom. The summed E-state index contributed by atoms with van der Waals surface area (Å²) < 4.78 is 0. The van der Waals surface area contributed by atoms with Crippen molar-refractivity contribution in [2.45, 2.75) is 38.3 Å². The topological polar surface area (TPSA) is 46.3 Å². The summed E-state index contributed by atoms with van der Waals surface area (Å²) in [5.74, 6) is 0.448. The van der Waals surface area contributed by atoms with E-state index in [1.165, 1.54) is 5.56 Å². The van der Waals surface area contributed by atoms with Gasteiger partial charge >= 0.3 is 0 Å². The van der Waals surface area contributed by atoms with E-state index >= 15 is 0 Å². The largest absolute Gasteiger partial charge is 0.341 e. The zero-order valence-electron chi connectivity index (χ0n) is 11.0. The first-order valence-corrected chi connectivity index (χ1v) is 6.71. The average Bonchev–Trinajstić information content (AvgIpc) is 2.40. The number of nitrogens with two attached hydrogens (primary N) is 1. The summed E-state index contributed by atoms with van der Waals surface area (Å²) in [6, 6.07) is 10.4. The molecule has 0 radical (unpaired) electrons. The Kier molecular flexibility index (Phi) is 4.37.